The summed E-state index contributed by atoms with van der Waals surface area (Å²) in [6.45, 7) is 7.80. The van der Waals surface area contributed by atoms with Crippen molar-refractivity contribution in [2.24, 2.45) is 11.8 Å². The van der Waals surface area contributed by atoms with Gasteiger partial charge in [-0.25, -0.2) is 4.98 Å². The number of H-pyrrole nitrogens is 1. The van der Waals surface area contributed by atoms with Crippen LogP contribution in [0.3, 0.4) is 0 Å². The molecule has 1 fully saturated rings. The van der Waals surface area contributed by atoms with Gasteiger partial charge in [0.2, 0.25) is 11.9 Å². The molecular weight excluding hydrogens is 310 g/mol. The molecule has 1 amide bonds. The molecule has 1 aliphatic rings. The van der Waals surface area contributed by atoms with Gasteiger partial charge in [0.25, 0.3) is 5.56 Å². The molecule has 0 radical (unpaired) electrons. The van der Waals surface area contributed by atoms with Crippen LogP contribution >= 0.6 is 0 Å². The fourth-order valence-electron chi connectivity index (χ4n) is 3.00. The van der Waals surface area contributed by atoms with Crippen molar-refractivity contribution < 1.29 is 9.53 Å². The van der Waals surface area contributed by atoms with Crippen LogP contribution in [0.4, 0.5) is 5.95 Å². The summed E-state index contributed by atoms with van der Waals surface area (Å²) < 4.78 is 7.84. The van der Waals surface area contributed by atoms with E-state index in [2.05, 4.69) is 34.1 Å². The van der Waals surface area contributed by atoms with Crippen molar-refractivity contribution in [3.05, 3.63) is 16.7 Å². The number of rotatable bonds is 4. The lowest BCUT2D eigenvalue weighted by Crippen LogP contribution is -2.22. The molecule has 3 rings (SSSR count). The first-order chi connectivity index (χ1) is 11.4. The van der Waals surface area contributed by atoms with Crippen LogP contribution in [0, 0.1) is 11.8 Å². The molecule has 2 aromatic heterocycles. The molecule has 130 valence electrons. The third-order valence-electron chi connectivity index (χ3n) is 4.45. The SMILES string of the molecule is CC[C@H]1O[C@@H](n2cnc3c(=O)[nH]c(NC(=O)C(C)C)nc32)C[C@H]1C. The molecule has 1 saturated heterocycles. The van der Waals surface area contributed by atoms with E-state index in [0.29, 0.717) is 11.6 Å². The highest BCUT2D eigenvalue weighted by Crippen LogP contribution is 2.35. The summed E-state index contributed by atoms with van der Waals surface area (Å²) in [6, 6.07) is 0. The van der Waals surface area contributed by atoms with Crippen molar-refractivity contribution in [3.8, 4) is 0 Å². The average molecular weight is 333 g/mol. The molecule has 3 heterocycles. The molecule has 8 nitrogen and oxygen atoms in total. The van der Waals surface area contributed by atoms with Gasteiger partial charge in [-0.15, -0.1) is 0 Å². The van der Waals surface area contributed by atoms with Gasteiger partial charge in [0, 0.05) is 5.92 Å². The summed E-state index contributed by atoms with van der Waals surface area (Å²) in [5, 5.41) is 2.62. The van der Waals surface area contributed by atoms with E-state index in [1.165, 1.54) is 0 Å². The van der Waals surface area contributed by atoms with E-state index in [-0.39, 0.29) is 41.2 Å². The Balaban J connectivity index is 1.97. The van der Waals surface area contributed by atoms with Crippen molar-refractivity contribution in [2.45, 2.75) is 52.9 Å². The number of imidazole rings is 1. The van der Waals surface area contributed by atoms with Crippen molar-refractivity contribution in [1.29, 1.82) is 0 Å². The topological polar surface area (TPSA) is 102 Å². The molecule has 1 aliphatic heterocycles. The number of nitrogens with zero attached hydrogens (tertiary/aromatic N) is 3. The maximum Gasteiger partial charge on any atom is 0.280 e. The third-order valence-corrected chi connectivity index (χ3v) is 4.45. The first-order valence-corrected chi connectivity index (χ1v) is 8.33. The molecule has 0 spiro atoms. The van der Waals surface area contributed by atoms with Crippen LogP contribution < -0.4 is 10.9 Å². The number of hydrogen-bond acceptors (Lipinski definition) is 5. The summed E-state index contributed by atoms with van der Waals surface area (Å²) in [6.07, 6.45) is 3.35. The van der Waals surface area contributed by atoms with Crippen LogP contribution in [0.25, 0.3) is 11.2 Å². The average Bonchev–Trinajstić information content (AvgIpc) is 3.10. The Hall–Kier alpha value is -2.22. The van der Waals surface area contributed by atoms with Gasteiger partial charge >= 0.3 is 0 Å². The Morgan fingerprint density at radius 1 is 1.54 bits per heavy atom. The number of aromatic nitrogens is 4. The van der Waals surface area contributed by atoms with Gasteiger partial charge in [0.05, 0.1) is 12.4 Å². The van der Waals surface area contributed by atoms with Gasteiger partial charge < -0.3 is 4.74 Å². The number of ether oxygens (including phenoxy) is 1. The number of carbonyl (C=O) groups excluding carboxylic acids is 1. The predicted molar refractivity (Wildman–Crippen MR) is 89.6 cm³/mol. The fraction of sp³-hybridized carbons (Fsp3) is 0.625. The summed E-state index contributed by atoms with van der Waals surface area (Å²) in [7, 11) is 0. The van der Waals surface area contributed by atoms with Crippen LogP contribution in [0.2, 0.25) is 0 Å². The number of hydrogen-bond donors (Lipinski definition) is 2. The normalized spacial score (nSPS) is 24.0. The molecule has 2 aromatic rings. The zero-order chi connectivity index (χ0) is 17.4. The second kappa shape index (κ2) is 6.35. The van der Waals surface area contributed by atoms with Crippen LogP contribution in [-0.2, 0) is 9.53 Å². The van der Waals surface area contributed by atoms with E-state index in [1.54, 1.807) is 24.7 Å². The Labute approximate surface area is 139 Å². The predicted octanol–water partition coefficient (Wildman–Crippen LogP) is 2.05. The fourth-order valence-corrected chi connectivity index (χ4v) is 3.00. The Bertz CT molecular complexity index is 810. The van der Waals surface area contributed by atoms with Crippen molar-refractivity contribution in [3.63, 3.8) is 0 Å². The third kappa shape index (κ3) is 2.93. The highest BCUT2D eigenvalue weighted by molar-refractivity contribution is 5.91. The lowest BCUT2D eigenvalue weighted by Gasteiger charge is -2.14. The first-order valence-electron chi connectivity index (χ1n) is 8.33. The van der Waals surface area contributed by atoms with Crippen LogP contribution in [0.1, 0.15) is 46.8 Å². The Kier molecular flexibility index (Phi) is 4.40. The minimum Gasteiger partial charge on any atom is -0.354 e. The molecule has 0 unspecified atom stereocenters. The number of fused-ring (bicyclic) bond motifs is 1. The van der Waals surface area contributed by atoms with E-state index >= 15 is 0 Å². The van der Waals surface area contributed by atoms with E-state index in [1.807, 2.05) is 0 Å². The van der Waals surface area contributed by atoms with Crippen LogP contribution in [0.5, 0.6) is 0 Å². The number of carbonyl (C=O) groups is 1. The molecule has 0 aliphatic carbocycles. The minimum atomic E-state index is -0.379. The van der Waals surface area contributed by atoms with Crippen LogP contribution in [-0.4, -0.2) is 31.5 Å². The van der Waals surface area contributed by atoms with Gasteiger partial charge in [-0.3, -0.25) is 24.5 Å². The van der Waals surface area contributed by atoms with E-state index in [4.69, 9.17) is 4.74 Å². The molecular formula is C16H23N5O3. The number of anilines is 1. The summed E-state index contributed by atoms with van der Waals surface area (Å²) in [5.74, 6) is 0.145. The first kappa shape index (κ1) is 16.6. The second-order valence-corrected chi connectivity index (χ2v) is 6.63. The Morgan fingerprint density at radius 2 is 2.29 bits per heavy atom. The molecule has 0 bridgehead atoms. The minimum absolute atomic E-state index is 0.131. The molecule has 0 aromatic carbocycles. The van der Waals surface area contributed by atoms with Crippen molar-refractivity contribution in [2.75, 3.05) is 5.32 Å². The van der Waals surface area contributed by atoms with Crippen molar-refractivity contribution in [1.82, 2.24) is 19.5 Å². The molecule has 8 heteroatoms. The highest BCUT2D eigenvalue weighted by atomic mass is 16.5. The van der Waals surface area contributed by atoms with E-state index < -0.39 is 0 Å². The molecule has 0 saturated carbocycles. The quantitative estimate of drug-likeness (QED) is 0.891. The largest absolute Gasteiger partial charge is 0.354 e. The number of aromatic amines is 1. The van der Waals surface area contributed by atoms with Gasteiger partial charge in [0.1, 0.15) is 6.23 Å². The van der Waals surface area contributed by atoms with Gasteiger partial charge in [-0.2, -0.15) is 4.98 Å². The maximum atomic E-state index is 12.2. The zero-order valence-electron chi connectivity index (χ0n) is 14.4. The molecule has 3 atom stereocenters. The standard InChI is InChI=1S/C16H23N5O3/c1-5-10-9(4)6-11(24-10)21-7-17-12-13(21)18-16(20-15(12)23)19-14(22)8(2)3/h7-11H,5-6H2,1-4H3,(H2,18,19,20,22,23)/t9-,10-,11-/m1/s1. The lowest BCUT2D eigenvalue weighted by molar-refractivity contribution is -0.118. The van der Waals surface area contributed by atoms with E-state index in [9.17, 15) is 9.59 Å². The summed E-state index contributed by atoms with van der Waals surface area (Å²) in [5.41, 5.74) is 0.288. The zero-order valence-corrected chi connectivity index (χ0v) is 14.4. The number of nitrogens with one attached hydrogen (secondary N) is 2. The summed E-state index contributed by atoms with van der Waals surface area (Å²) >= 11 is 0. The molecule has 2 N–H and O–H groups in total. The monoisotopic (exact) mass is 333 g/mol. The molecule has 24 heavy (non-hydrogen) atoms. The maximum absolute atomic E-state index is 12.2. The second-order valence-electron chi connectivity index (χ2n) is 6.63. The smallest absolute Gasteiger partial charge is 0.280 e. The van der Waals surface area contributed by atoms with Crippen LogP contribution in [0.15, 0.2) is 11.1 Å². The Morgan fingerprint density at radius 3 is 2.92 bits per heavy atom. The number of amides is 1. The van der Waals surface area contributed by atoms with Gasteiger partial charge in [0.15, 0.2) is 11.2 Å². The lowest BCUT2D eigenvalue weighted by atomic mass is 10.0. The summed E-state index contributed by atoms with van der Waals surface area (Å²) in [4.78, 5) is 35.1. The van der Waals surface area contributed by atoms with Gasteiger partial charge in [-0.1, -0.05) is 27.7 Å². The van der Waals surface area contributed by atoms with Gasteiger partial charge in [-0.05, 0) is 18.8 Å². The van der Waals surface area contributed by atoms with Crippen molar-refractivity contribution >= 4 is 23.0 Å². The van der Waals surface area contributed by atoms with E-state index in [0.717, 1.165) is 12.8 Å². The highest BCUT2D eigenvalue weighted by Gasteiger charge is 2.33.